The van der Waals surface area contributed by atoms with Crippen molar-refractivity contribution in [3.63, 3.8) is 0 Å². The zero-order valence-electron chi connectivity index (χ0n) is 10.3. The maximum atomic E-state index is 11.4. The monoisotopic (exact) mass is 242 g/mol. The summed E-state index contributed by atoms with van der Waals surface area (Å²) in [5.74, 6) is 0.105. The number of hydrogen-bond acceptors (Lipinski definition) is 3. The Morgan fingerprint density at radius 1 is 1.17 bits per heavy atom. The molecule has 0 radical (unpaired) electrons. The fourth-order valence-electron chi connectivity index (χ4n) is 1.87. The van der Waals surface area contributed by atoms with E-state index in [0.29, 0.717) is 11.4 Å². The first-order valence-corrected chi connectivity index (χ1v) is 5.54. The minimum absolute atomic E-state index is 0.444. The molecular formula is C14H14N2O2. The van der Waals surface area contributed by atoms with Crippen molar-refractivity contribution in [3.05, 3.63) is 47.7 Å². The number of pyridine rings is 1. The number of amides is 1. The molecule has 4 nitrogen and oxygen atoms in total. The summed E-state index contributed by atoms with van der Waals surface area (Å²) >= 11 is 0. The van der Waals surface area contributed by atoms with Gasteiger partial charge in [0.15, 0.2) is 0 Å². The second-order valence-electron chi connectivity index (χ2n) is 3.90. The Hall–Kier alpha value is -2.36. The molecule has 0 bridgehead atoms. The predicted octanol–water partition coefficient (Wildman–Crippen LogP) is 2.16. The number of methoxy groups -OCH3 is 1. The highest BCUT2D eigenvalue weighted by Gasteiger charge is 2.12. The van der Waals surface area contributed by atoms with Crippen molar-refractivity contribution >= 4 is 5.91 Å². The lowest BCUT2D eigenvalue weighted by molar-refractivity contribution is 0.100. The van der Waals surface area contributed by atoms with Gasteiger partial charge in [-0.05, 0) is 24.6 Å². The molecule has 0 aliphatic carbocycles. The van der Waals surface area contributed by atoms with Gasteiger partial charge >= 0.3 is 0 Å². The molecule has 2 aromatic rings. The summed E-state index contributed by atoms with van der Waals surface area (Å²) in [6.45, 7) is 1.87. The maximum absolute atomic E-state index is 11.4. The van der Waals surface area contributed by atoms with Crippen molar-refractivity contribution in [1.29, 1.82) is 0 Å². The molecule has 0 fully saturated rings. The predicted molar refractivity (Wildman–Crippen MR) is 69.5 cm³/mol. The van der Waals surface area contributed by atoms with Crippen LogP contribution in [0.15, 0.2) is 36.4 Å². The molecule has 1 aromatic heterocycles. The van der Waals surface area contributed by atoms with E-state index in [4.69, 9.17) is 10.5 Å². The number of nitrogens with two attached hydrogens (primary N) is 1. The molecule has 0 aliphatic rings. The zero-order chi connectivity index (χ0) is 13.1. The summed E-state index contributed by atoms with van der Waals surface area (Å²) < 4.78 is 5.06. The quantitative estimate of drug-likeness (QED) is 0.897. The number of benzene rings is 1. The van der Waals surface area contributed by atoms with Crippen LogP contribution in [0.3, 0.4) is 0 Å². The second-order valence-corrected chi connectivity index (χ2v) is 3.90. The number of rotatable bonds is 3. The summed E-state index contributed by atoms with van der Waals surface area (Å²) in [5.41, 5.74) is 8.33. The topological polar surface area (TPSA) is 65.2 Å². The lowest BCUT2D eigenvalue weighted by Crippen LogP contribution is -2.12. The molecule has 0 saturated carbocycles. The number of aromatic nitrogens is 1. The molecule has 2 rings (SSSR count). The molecule has 92 valence electrons. The molecule has 1 heterocycles. The maximum Gasteiger partial charge on any atom is 0.249 e. The van der Waals surface area contributed by atoms with Gasteiger partial charge in [-0.25, -0.2) is 4.98 Å². The van der Waals surface area contributed by atoms with Crippen molar-refractivity contribution in [2.75, 3.05) is 7.11 Å². The number of ether oxygens (including phenoxy) is 1. The van der Waals surface area contributed by atoms with Gasteiger partial charge in [0.2, 0.25) is 11.8 Å². The number of carbonyl (C=O) groups is 1. The lowest BCUT2D eigenvalue weighted by atomic mass is 9.98. The van der Waals surface area contributed by atoms with Crippen LogP contribution in [0.25, 0.3) is 11.1 Å². The van der Waals surface area contributed by atoms with Crippen LogP contribution in [0.2, 0.25) is 0 Å². The molecule has 0 aliphatic heterocycles. The van der Waals surface area contributed by atoms with E-state index in [-0.39, 0.29) is 0 Å². The first-order valence-electron chi connectivity index (χ1n) is 5.54. The SMILES string of the molecule is COc1ccc(-c2ccccc2C(N)=O)c(C)n1. The van der Waals surface area contributed by atoms with E-state index >= 15 is 0 Å². The van der Waals surface area contributed by atoms with Crippen molar-refractivity contribution in [2.45, 2.75) is 6.92 Å². The standard InChI is InChI=1S/C14H14N2O2/c1-9-10(7-8-13(16-9)18-2)11-5-3-4-6-12(11)14(15)17/h3-8H,1-2H3,(H2,15,17). The van der Waals surface area contributed by atoms with Crippen LogP contribution in [0.4, 0.5) is 0 Å². The van der Waals surface area contributed by atoms with Gasteiger partial charge in [-0.1, -0.05) is 18.2 Å². The van der Waals surface area contributed by atoms with Gasteiger partial charge in [0, 0.05) is 22.9 Å². The Bertz CT molecular complexity index is 594. The molecule has 2 N–H and O–H groups in total. The summed E-state index contributed by atoms with van der Waals surface area (Å²) in [6, 6.07) is 10.9. The smallest absolute Gasteiger partial charge is 0.249 e. The van der Waals surface area contributed by atoms with Crippen molar-refractivity contribution in [2.24, 2.45) is 5.73 Å². The fourth-order valence-corrected chi connectivity index (χ4v) is 1.87. The molecule has 18 heavy (non-hydrogen) atoms. The zero-order valence-corrected chi connectivity index (χ0v) is 10.3. The minimum Gasteiger partial charge on any atom is -0.481 e. The Kier molecular flexibility index (Phi) is 3.28. The Morgan fingerprint density at radius 3 is 2.50 bits per heavy atom. The fraction of sp³-hybridized carbons (Fsp3) is 0.143. The average Bonchev–Trinajstić information content (AvgIpc) is 2.38. The molecule has 0 atom stereocenters. The van der Waals surface area contributed by atoms with Crippen molar-refractivity contribution in [3.8, 4) is 17.0 Å². The molecule has 0 spiro atoms. The second kappa shape index (κ2) is 4.87. The van der Waals surface area contributed by atoms with E-state index in [1.165, 1.54) is 0 Å². The van der Waals surface area contributed by atoms with Crippen molar-refractivity contribution < 1.29 is 9.53 Å². The van der Waals surface area contributed by atoms with E-state index in [1.54, 1.807) is 25.3 Å². The first-order chi connectivity index (χ1) is 8.63. The van der Waals surface area contributed by atoms with Gasteiger partial charge in [-0.3, -0.25) is 4.79 Å². The van der Waals surface area contributed by atoms with Crippen LogP contribution >= 0.6 is 0 Å². The molecule has 0 saturated heterocycles. The van der Waals surface area contributed by atoms with Gasteiger partial charge in [0.1, 0.15) is 0 Å². The van der Waals surface area contributed by atoms with Crippen molar-refractivity contribution in [1.82, 2.24) is 4.98 Å². The molecule has 1 amide bonds. The summed E-state index contributed by atoms with van der Waals surface area (Å²) in [7, 11) is 1.57. The first kappa shape index (κ1) is 12.1. The number of aryl methyl sites for hydroxylation is 1. The van der Waals surface area contributed by atoms with E-state index in [0.717, 1.165) is 16.8 Å². The highest BCUT2D eigenvalue weighted by atomic mass is 16.5. The largest absolute Gasteiger partial charge is 0.481 e. The molecule has 4 heteroatoms. The summed E-state index contributed by atoms with van der Waals surface area (Å²) in [4.78, 5) is 15.7. The van der Waals surface area contributed by atoms with Gasteiger partial charge < -0.3 is 10.5 Å². The van der Waals surface area contributed by atoms with Crippen LogP contribution in [-0.4, -0.2) is 18.0 Å². The number of carbonyl (C=O) groups excluding carboxylic acids is 1. The summed E-state index contributed by atoms with van der Waals surface area (Å²) in [5, 5.41) is 0. The summed E-state index contributed by atoms with van der Waals surface area (Å²) in [6.07, 6.45) is 0. The number of hydrogen-bond donors (Lipinski definition) is 1. The normalized spacial score (nSPS) is 10.1. The Morgan fingerprint density at radius 2 is 1.89 bits per heavy atom. The van der Waals surface area contributed by atoms with Crippen LogP contribution in [0.1, 0.15) is 16.1 Å². The lowest BCUT2D eigenvalue weighted by Gasteiger charge is -2.10. The minimum atomic E-state index is -0.444. The van der Waals surface area contributed by atoms with Gasteiger partial charge in [-0.15, -0.1) is 0 Å². The number of primary amides is 1. The highest BCUT2D eigenvalue weighted by Crippen LogP contribution is 2.27. The molecule has 0 unspecified atom stereocenters. The third-order valence-electron chi connectivity index (χ3n) is 2.75. The molecular weight excluding hydrogens is 228 g/mol. The highest BCUT2D eigenvalue weighted by molar-refractivity contribution is 6.00. The number of nitrogens with zero attached hydrogens (tertiary/aromatic N) is 1. The average molecular weight is 242 g/mol. The van der Waals surface area contributed by atoms with Gasteiger partial charge in [-0.2, -0.15) is 0 Å². The third-order valence-corrected chi connectivity index (χ3v) is 2.75. The van der Waals surface area contributed by atoms with Crippen LogP contribution in [0.5, 0.6) is 5.88 Å². The Balaban J connectivity index is 2.59. The van der Waals surface area contributed by atoms with E-state index in [1.807, 2.05) is 25.1 Å². The Labute approximate surface area is 105 Å². The van der Waals surface area contributed by atoms with Gasteiger partial charge in [0.05, 0.1) is 7.11 Å². The van der Waals surface area contributed by atoms with Gasteiger partial charge in [0.25, 0.3) is 0 Å². The molecule has 1 aromatic carbocycles. The third kappa shape index (κ3) is 2.18. The van der Waals surface area contributed by atoms with Crippen LogP contribution < -0.4 is 10.5 Å². The van der Waals surface area contributed by atoms with E-state index in [2.05, 4.69) is 4.98 Å². The van der Waals surface area contributed by atoms with Crippen LogP contribution in [-0.2, 0) is 0 Å². The van der Waals surface area contributed by atoms with Crippen LogP contribution in [0, 0.1) is 6.92 Å². The van der Waals surface area contributed by atoms with E-state index < -0.39 is 5.91 Å². The van der Waals surface area contributed by atoms with E-state index in [9.17, 15) is 4.79 Å².